The van der Waals surface area contributed by atoms with Gasteiger partial charge in [-0.05, 0) is 29.3 Å². The van der Waals surface area contributed by atoms with Crippen LogP contribution in [0, 0.1) is 0 Å². The van der Waals surface area contributed by atoms with E-state index in [-0.39, 0.29) is 0 Å². The van der Waals surface area contributed by atoms with E-state index in [1.165, 1.54) is 42.9 Å². The van der Waals surface area contributed by atoms with Crippen LogP contribution in [0.5, 0.6) is 5.75 Å². The van der Waals surface area contributed by atoms with Crippen molar-refractivity contribution in [2.75, 3.05) is 32.7 Å². The van der Waals surface area contributed by atoms with Gasteiger partial charge in [-0.1, -0.05) is 78.9 Å². The molecule has 3 aromatic rings. The molecule has 1 aliphatic rings. The maximum Gasteiger partial charge on any atom is 0.127 e. The maximum atomic E-state index is 6.00. The van der Waals surface area contributed by atoms with Crippen LogP contribution >= 0.6 is 0 Å². The van der Waals surface area contributed by atoms with Gasteiger partial charge in [-0.3, -0.25) is 0 Å². The fourth-order valence-corrected chi connectivity index (χ4v) is 4.04. The minimum atomic E-state index is 0.621. The number of rotatable bonds is 8. The van der Waals surface area contributed by atoms with Crippen LogP contribution in [0.4, 0.5) is 0 Å². The normalized spacial score (nSPS) is 19.1. The summed E-state index contributed by atoms with van der Waals surface area (Å²) in [6, 6.07) is 29.5. The van der Waals surface area contributed by atoms with Gasteiger partial charge in [0.2, 0.25) is 0 Å². The second-order valence-electron chi connectivity index (χ2n) is 8.12. The van der Waals surface area contributed by atoms with Crippen LogP contribution in [0.1, 0.15) is 16.7 Å². The van der Waals surface area contributed by atoms with Gasteiger partial charge >= 0.3 is 0 Å². The molecule has 3 aromatic carbocycles. The minimum absolute atomic E-state index is 0.621. The fraction of sp³-hybridized carbons (Fsp3) is 0.259. The van der Waals surface area contributed by atoms with Crippen LogP contribution in [0.3, 0.4) is 0 Å². The van der Waals surface area contributed by atoms with Crippen LogP contribution < -0.4 is 14.5 Å². The Labute approximate surface area is 180 Å². The van der Waals surface area contributed by atoms with Crippen LogP contribution in [0.15, 0.2) is 91.0 Å². The van der Waals surface area contributed by atoms with Crippen molar-refractivity contribution in [1.82, 2.24) is 0 Å². The predicted octanol–water partition coefficient (Wildman–Crippen LogP) is 2.26. The van der Waals surface area contributed by atoms with Crippen LogP contribution in [-0.2, 0) is 13.2 Å². The molecule has 0 atom stereocenters. The first kappa shape index (κ1) is 20.4. The summed E-state index contributed by atoms with van der Waals surface area (Å²) in [5.41, 5.74) is 3.85. The summed E-state index contributed by atoms with van der Waals surface area (Å²) in [5, 5.41) is 0. The Morgan fingerprint density at radius 1 is 0.700 bits per heavy atom. The van der Waals surface area contributed by atoms with Crippen molar-refractivity contribution in [3.05, 3.63) is 108 Å². The van der Waals surface area contributed by atoms with E-state index < -0.39 is 0 Å². The molecule has 0 bridgehead atoms. The molecule has 3 nitrogen and oxygen atoms in total. The van der Waals surface area contributed by atoms with Gasteiger partial charge in [0, 0.05) is 5.56 Å². The molecule has 0 saturated carbocycles. The number of nitrogens with one attached hydrogen (secondary N) is 2. The molecule has 0 amide bonds. The van der Waals surface area contributed by atoms with Gasteiger partial charge in [-0.2, -0.15) is 0 Å². The van der Waals surface area contributed by atoms with Crippen molar-refractivity contribution in [3.63, 3.8) is 0 Å². The third-order valence-electron chi connectivity index (χ3n) is 5.78. The Bertz CT molecular complexity index is 916. The van der Waals surface area contributed by atoms with E-state index in [4.69, 9.17) is 4.74 Å². The van der Waals surface area contributed by atoms with Gasteiger partial charge in [-0.15, -0.1) is 0 Å². The molecule has 0 radical (unpaired) electrons. The van der Waals surface area contributed by atoms with Crippen LogP contribution in [0.2, 0.25) is 0 Å². The van der Waals surface area contributed by atoms with E-state index in [0.29, 0.717) is 6.61 Å². The minimum Gasteiger partial charge on any atom is -0.489 e. The molecule has 0 spiro atoms. The van der Waals surface area contributed by atoms with Crippen molar-refractivity contribution in [3.8, 4) is 5.75 Å². The van der Waals surface area contributed by atoms with Gasteiger partial charge in [0.15, 0.2) is 0 Å². The Hall–Kier alpha value is -2.88. The Balaban J connectivity index is 1.21. The first-order valence-electron chi connectivity index (χ1n) is 11.0. The molecule has 1 fully saturated rings. The third-order valence-corrected chi connectivity index (χ3v) is 5.78. The SMILES string of the molecule is C(=C\c1ccccc1)/C[NH+]1CC[NH+](Cc2cccc(OCc3ccccc3)c2)CC1. The molecule has 0 aliphatic carbocycles. The average Bonchev–Trinajstić information content (AvgIpc) is 2.81. The fourth-order valence-electron chi connectivity index (χ4n) is 4.04. The molecule has 0 aromatic heterocycles. The summed E-state index contributed by atoms with van der Waals surface area (Å²) >= 11 is 0. The Morgan fingerprint density at radius 2 is 1.37 bits per heavy atom. The highest BCUT2D eigenvalue weighted by Crippen LogP contribution is 2.14. The Kier molecular flexibility index (Phi) is 7.32. The van der Waals surface area contributed by atoms with Gasteiger partial charge < -0.3 is 14.5 Å². The van der Waals surface area contributed by atoms with Crippen LogP contribution in [-0.4, -0.2) is 32.7 Å². The lowest BCUT2D eigenvalue weighted by Gasteiger charge is -2.29. The van der Waals surface area contributed by atoms with Gasteiger partial charge in [-0.25, -0.2) is 0 Å². The summed E-state index contributed by atoms with van der Waals surface area (Å²) in [7, 11) is 0. The molecule has 1 saturated heterocycles. The molecule has 1 heterocycles. The molecular formula is C27H32N2O+2. The zero-order valence-electron chi connectivity index (χ0n) is 17.6. The van der Waals surface area contributed by atoms with E-state index >= 15 is 0 Å². The van der Waals surface area contributed by atoms with E-state index in [9.17, 15) is 0 Å². The highest BCUT2D eigenvalue weighted by atomic mass is 16.5. The van der Waals surface area contributed by atoms with E-state index in [1.54, 1.807) is 9.80 Å². The first-order chi connectivity index (χ1) is 14.8. The number of ether oxygens (including phenoxy) is 1. The largest absolute Gasteiger partial charge is 0.489 e. The number of piperazine rings is 1. The smallest absolute Gasteiger partial charge is 0.127 e. The van der Waals surface area contributed by atoms with Crippen molar-refractivity contribution in [1.29, 1.82) is 0 Å². The second-order valence-corrected chi connectivity index (χ2v) is 8.12. The maximum absolute atomic E-state index is 6.00. The van der Waals surface area contributed by atoms with Crippen molar-refractivity contribution in [2.45, 2.75) is 13.2 Å². The quantitative estimate of drug-likeness (QED) is 0.594. The summed E-state index contributed by atoms with van der Waals surface area (Å²) in [6.45, 7) is 7.74. The zero-order valence-corrected chi connectivity index (χ0v) is 17.6. The van der Waals surface area contributed by atoms with Gasteiger partial charge in [0.05, 0.1) is 6.54 Å². The van der Waals surface area contributed by atoms with Crippen LogP contribution in [0.25, 0.3) is 6.08 Å². The lowest BCUT2D eigenvalue weighted by atomic mass is 10.2. The van der Waals surface area contributed by atoms with Gasteiger partial charge in [0.25, 0.3) is 0 Å². The summed E-state index contributed by atoms with van der Waals surface area (Å²) in [6.07, 6.45) is 4.57. The molecule has 4 rings (SSSR count). The molecule has 3 heteroatoms. The van der Waals surface area contributed by atoms with Crippen molar-refractivity contribution < 1.29 is 14.5 Å². The lowest BCUT2D eigenvalue weighted by molar-refractivity contribution is -1.02. The highest BCUT2D eigenvalue weighted by molar-refractivity contribution is 5.48. The molecule has 30 heavy (non-hydrogen) atoms. The number of quaternary nitrogens is 2. The highest BCUT2D eigenvalue weighted by Gasteiger charge is 2.22. The molecule has 154 valence electrons. The zero-order chi connectivity index (χ0) is 20.4. The average molecular weight is 401 g/mol. The summed E-state index contributed by atoms with van der Waals surface area (Å²) in [5.74, 6) is 0.964. The summed E-state index contributed by atoms with van der Waals surface area (Å²) < 4.78 is 6.00. The number of hydrogen-bond acceptors (Lipinski definition) is 1. The van der Waals surface area contributed by atoms with E-state index in [0.717, 1.165) is 18.8 Å². The number of benzene rings is 3. The lowest BCUT2D eigenvalue weighted by Crippen LogP contribution is -3.27. The number of hydrogen-bond donors (Lipinski definition) is 2. The monoisotopic (exact) mass is 400 g/mol. The van der Waals surface area contributed by atoms with E-state index in [2.05, 4.69) is 91.0 Å². The first-order valence-corrected chi connectivity index (χ1v) is 11.0. The van der Waals surface area contributed by atoms with Gasteiger partial charge in [0.1, 0.15) is 45.1 Å². The Morgan fingerprint density at radius 3 is 2.13 bits per heavy atom. The molecule has 2 N–H and O–H groups in total. The standard InChI is InChI=1S/C27H30N2O/c1-3-9-24(10-4-1)14-8-16-28-17-19-29(20-18-28)22-26-13-7-15-27(21-26)30-23-25-11-5-2-6-12-25/h1-15,21H,16-20,22-23H2/p+2/b14-8+. The topological polar surface area (TPSA) is 18.1 Å². The summed E-state index contributed by atoms with van der Waals surface area (Å²) in [4.78, 5) is 3.36. The molecule has 1 aliphatic heterocycles. The van der Waals surface area contributed by atoms with Crippen molar-refractivity contribution >= 4 is 6.08 Å². The molecular weight excluding hydrogens is 368 g/mol. The van der Waals surface area contributed by atoms with E-state index in [1.807, 2.05) is 6.07 Å². The third kappa shape index (κ3) is 6.31. The predicted molar refractivity (Wildman–Crippen MR) is 123 cm³/mol. The second kappa shape index (κ2) is 10.8. The molecule has 0 unspecified atom stereocenters. The van der Waals surface area contributed by atoms with Crippen molar-refractivity contribution in [2.24, 2.45) is 0 Å².